The summed E-state index contributed by atoms with van der Waals surface area (Å²) in [6.07, 6.45) is 4.26. The van der Waals surface area contributed by atoms with Gasteiger partial charge in [-0.3, -0.25) is 0 Å². The molecule has 0 aromatic heterocycles. The van der Waals surface area contributed by atoms with Gasteiger partial charge in [-0.25, -0.2) is 4.79 Å². The van der Waals surface area contributed by atoms with Gasteiger partial charge in [0.25, 0.3) is 0 Å². The highest BCUT2D eigenvalue weighted by molar-refractivity contribution is 5.90. The number of hydrogen-bond donors (Lipinski definition) is 1. The van der Waals surface area contributed by atoms with Gasteiger partial charge in [0.1, 0.15) is 0 Å². The van der Waals surface area contributed by atoms with Crippen LogP contribution in [0.1, 0.15) is 6.92 Å². The van der Waals surface area contributed by atoms with E-state index < -0.39 is 5.97 Å². The van der Waals surface area contributed by atoms with Crippen LogP contribution in [0.25, 0.3) is 0 Å². The first-order valence-electron chi connectivity index (χ1n) is 3.40. The lowest BCUT2D eigenvalue weighted by Gasteiger charge is -1.98. The van der Waals surface area contributed by atoms with Gasteiger partial charge in [0.15, 0.2) is 0 Å². The summed E-state index contributed by atoms with van der Waals surface area (Å²) in [7, 11) is 1.49. The van der Waals surface area contributed by atoms with Crippen molar-refractivity contribution in [3.05, 3.63) is 36.1 Å². The molecule has 0 saturated heterocycles. The molecule has 0 amide bonds. The van der Waals surface area contributed by atoms with Gasteiger partial charge in [-0.15, -0.1) is 0 Å². The van der Waals surface area contributed by atoms with Crippen LogP contribution in [0, 0.1) is 0 Å². The van der Waals surface area contributed by atoms with Crippen LogP contribution in [0.3, 0.4) is 0 Å². The summed E-state index contributed by atoms with van der Waals surface area (Å²) in [5.74, 6) is -0.447. The summed E-state index contributed by atoms with van der Waals surface area (Å²) in [5.41, 5.74) is 0.157. The van der Waals surface area contributed by atoms with Crippen molar-refractivity contribution in [3.8, 4) is 0 Å². The van der Waals surface area contributed by atoms with Gasteiger partial charge in [0.2, 0.25) is 0 Å². The summed E-state index contributed by atoms with van der Waals surface area (Å²) in [6, 6.07) is 0. The summed E-state index contributed by atoms with van der Waals surface area (Å²) in [5, 5.41) is 8.63. The van der Waals surface area contributed by atoms with Gasteiger partial charge in [0.05, 0.1) is 18.4 Å². The molecule has 0 aromatic carbocycles. The first-order valence-corrected chi connectivity index (χ1v) is 3.40. The predicted molar refractivity (Wildman–Crippen MR) is 46.7 cm³/mol. The molecular weight excluding hydrogens is 156 g/mol. The van der Waals surface area contributed by atoms with E-state index in [1.54, 1.807) is 6.92 Å². The molecule has 0 heterocycles. The molecule has 3 nitrogen and oxygen atoms in total. The maximum Gasteiger partial charge on any atom is 0.335 e. The van der Waals surface area contributed by atoms with Crippen LogP contribution in [-0.4, -0.2) is 18.2 Å². The molecule has 0 unspecified atom stereocenters. The molecule has 0 aromatic rings. The maximum absolute atomic E-state index is 10.5. The Kier molecular flexibility index (Phi) is 4.53. The van der Waals surface area contributed by atoms with Crippen molar-refractivity contribution >= 4 is 5.97 Å². The number of carbonyl (C=O) groups is 1. The van der Waals surface area contributed by atoms with Crippen molar-refractivity contribution < 1.29 is 14.6 Å². The monoisotopic (exact) mass is 168 g/mol. The van der Waals surface area contributed by atoms with Crippen molar-refractivity contribution in [2.24, 2.45) is 0 Å². The highest BCUT2D eigenvalue weighted by Crippen LogP contribution is 2.03. The van der Waals surface area contributed by atoms with Gasteiger partial charge in [-0.1, -0.05) is 12.7 Å². The van der Waals surface area contributed by atoms with Gasteiger partial charge in [0, 0.05) is 0 Å². The van der Waals surface area contributed by atoms with Crippen LogP contribution in [0.2, 0.25) is 0 Å². The SMILES string of the molecule is C=C/C=C(\C=C(/C)OC)C(=O)O. The van der Waals surface area contributed by atoms with Crippen LogP contribution >= 0.6 is 0 Å². The number of carboxylic acid groups (broad SMARTS) is 1. The molecule has 0 aliphatic heterocycles. The molecule has 0 bridgehead atoms. The second kappa shape index (κ2) is 5.18. The maximum atomic E-state index is 10.5. The van der Waals surface area contributed by atoms with Crippen LogP contribution in [0.4, 0.5) is 0 Å². The van der Waals surface area contributed by atoms with E-state index in [4.69, 9.17) is 9.84 Å². The van der Waals surface area contributed by atoms with E-state index in [2.05, 4.69) is 6.58 Å². The molecule has 0 aliphatic rings. The summed E-state index contributed by atoms with van der Waals surface area (Å²) in [6.45, 7) is 5.09. The van der Waals surface area contributed by atoms with Crippen molar-refractivity contribution in [2.75, 3.05) is 7.11 Å². The van der Waals surface area contributed by atoms with Gasteiger partial charge in [-0.2, -0.15) is 0 Å². The van der Waals surface area contributed by atoms with E-state index in [1.165, 1.54) is 25.3 Å². The minimum Gasteiger partial charge on any atom is -0.501 e. The average molecular weight is 168 g/mol. The molecule has 0 atom stereocenters. The normalized spacial score (nSPS) is 12.5. The van der Waals surface area contributed by atoms with E-state index in [9.17, 15) is 4.79 Å². The molecular formula is C9H12O3. The molecule has 0 aliphatic carbocycles. The number of allylic oxidation sites excluding steroid dienone is 3. The summed E-state index contributed by atoms with van der Waals surface area (Å²) < 4.78 is 4.80. The van der Waals surface area contributed by atoms with Crippen molar-refractivity contribution in [3.63, 3.8) is 0 Å². The quantitative estimate of drug-likeness (QED) is 0.395. The van der Waals surface area contributed by atoms with E-state index in [1.807, 2.05) is 0 Å². The highest BCUT2D eigenvalue weighted by atomic mass is 16.5. The molecule has 1 N–H and O–H groups in total. The summed E-state index contributed by atoms with van der Waals surface area (Å²) >= 11 is 0. The Morgan fingerprint density at radius 1 is 1.58 bits per heavy atom. The van der Waals surface area contributed by atoms with Crippen LogP contribution in [-0.2, 0) is 9.53 Å². The third-order valence-electron chi connectivity index (χ3n) is 1.23. The minimum atomic E-state index is -0.994. The van der Waals surface area contributed by atoms with Gasteiger partial charge >= 0.3 is 5.97 Å². The van der Waals surface area contributed by atoms with Crippen molar-refractivity contribution in [2.45, 2.75) is 6.92 Å². The second-order valence-electron chi connectivity index (χ2n) is 2.12. The standard InChI is InChI=1S/C9H12O3/c1-4-5-8(9(10)11)6-7(2)12-3/h4-6H,1H2,2-3H3,(H,10,11)/b7-6+,8-5+. The van der Waals surface area contributed by atoms with Crippen LogP contribution < -0.4 is 0 Å². The zero-order chi connectivity index (χ0) is 9.56. The minimum absolute atomic E-state index is 0.157. The molecule has 12 heavy (non-hydrogen) atoms. The number of methoxy groups -OCH3 is 1. The van der Waals surface area contributed by atoms with E-state index in [0.29, 0.717) is 5.76 Å². The molecule has 0 fully saturated rings. The Morgan fingerprint density at radius 3 is 2.50 bits per heavy atom. The van der Waals surface area contributed by atoms with E-state index in [0.717, 1.165) is 0 Å². The molecule has 0 radical (unpaired) electrons. The molecule has 66 valence electrons. The van der Waals surface area contributed by atoms with E-state index >= 15 is 0 Å². The fraction of sp³-hybridized carbons (Fsp3) is 0.222. The lowest BCUT2D eigenvalue weighted by atomic mass is 10.2. The number of hydrogen-bond acceptors (Lipinski definition) is 2. The third kappa shape index (κ3) is 3.61. The fourth-order valence-corrected chi connectivity index (χ4v) is 0.586. The fourth-order valence-electron chi connectivity index (χ4n) is 0.586. The number of aliphatic carboxylic acids is 1. The smallest absolute Gasteiger partial charge is 0.335 e. The lowest BCUT2D eigenvalue weighted by molar-refractivity contribution is -0.132. The Bertz CT molecular complexity index is 236. The lowest BCUT2D eigenvalue weighted by Crippen LogP contribution is -1.98. The van der Waals surface area contributed by atoms with E-state index in [-0.39, 0.29) is 5.57 Å². The Balaban J connectivity index is 4.66. The third-order valence-corrected chi connectivity index (χ3v) is 1.23. The molecule has 0 rings (SSSR count). The average Bonchev–Trinajstić information content (AvgIpc) is 2.03. The summed E-state index contributed by atoms with van der Waals surface area (Å²) in [4.78, 5) is 10.5. The second-order valence-corrected chi connectivity index (χ2v) is 2.12. The zero-order valence-corrected chi connectivity index (χ0v) is 7.20. The predicted octanol–water partition coefficient (Wildman–Crippen LogP) is 1.73. The molecule has 3 heteroatoms. The first kappa shape index (κ1) is 10.5. The largest absolute Gasteiger partial charge is 0.501 e. The Morgan fingerprint density at radius 2 is 2.17 bits per heavy atom. The number of rotatable bonds is 4. The van der Waals surface area contributed by atoms with Crippen molar-refractivity contribution in [1.29, 1.82) is 0 Å². The van der Waals surface area contributed by atoms with Crippen LogP contribution in [0.15, 0.2) is 36.1 Å². The molecule has 0 saturated carbocycles. The molecule has 0 spiro atoms. The Hall–Kier alpha value is -1.51. The van der Waals surface area contributed by atoms with Gasteiger partial charge in [-0.05, 0) is 19.1 Å². The zero-order valence-electron chi connectivity index (χ0n) is 7.20. The first-order chi connectivity index (χ1) is 5.61. The topological polar surface area (TPSA) is 46.5 Å². The Labute approximate surface area is 71.7 Å². The van der Waals surface area contributed by atoms with Gasteiger partial charge < -0.3 is 9.84 Å². The van der Waals surface area contributed by atoms with Crippen molar-refractivity contribution in [1.82, 2.24) is 0 Å². The van der Waals surface area contributed by atoms with Crippen LogP contribution in [0.5, 0.6) is 0 Å². The number of ether oxygens (including phenoxy) is 1. The highest BCUT2D eigenvalue weighted by Gasteiger charge is 2.02. The number of carboxylic acids is 1.